The van der Waals surface area contributed by atoms with Crippen LogP contribution < -0.4 is 15.1 Å². The van der Waals surface area contributed by atoms with Crippen LogP contribution in [0.25, 0.3) is 0 Å². The molecule has 0 spiro atoms. The molecule has 0 aliphatic carbocycles. The maximum Gasteiger partial charge on any atom is 0.251 e. The fourth-order valence-electron chi connectivity index (χ4n) is 2.76. The SMILES string of the molecule is O=C(CCCCCCNC(=O)c1ccc(N(c2ccccc2)S(=O)[O-])cc1)NO. The largest absolute Gasteiger partial charge is 0.755 e. The first-order chi connectivity index (χ1) is 14.0. The summed E-state index contributed by atoms with van der Waals surface area (Å²) < 4.78 is 24.4. The van der Waals surface area contributed by atoms with Crippen LogP contribution in [0.4, 0.5) is 11.4 Å². The van der Waals surface area contributed by atoms with Gasteiger partial charge in [-0.25, -0.2) is 5.48 Å². The first-order valence-electron chi connectivity index (χ1n) is 9.28. The summed E-state index contributed by atoms with van der Waals surface area (Å²) in [6.45, 7) is 0.507. The van der Waals surface area contributed by atoms with E-state index in [1.165, 1.54) is 0 Å². The summed E-state index contributed by atoms with van der Waals surface area (Å²) in [5.74, 6) is -0.626. The molecule has 1 unspecified atom stereocenters. The Morgan fingerprint density at radius 1 is 0.931 bits per heavy atom. The number of unbranched alkanes of at least 4 members (excludes halogenated alkanes) is 3. The van der Waals surface area contributed by atoms with E-state index in [4.69, 9.17) is 5.21 Å². The topological polar surface area (TPSA) is 122 Å². The summed E-state index contributed by atoms with van der Waals surface area (Å²) in [4.78, 5) is 23.1. The molecule has 0 fully saturated rings. The third kappa shape index (κ3) is 7.30. The Kier molecular flexibility index (Phi) is 9.29. The molecule has 0 radical (unpaired) electrons. The first-order valence-corrected chi connectivity index (χ1v) is 10.3. The van der Waals surface area contributed by atoms with Crippen LogP contribution in [0.15, 0.2) is 54.6 Å². The number of rotatable bonds is 11. The number of anilines is 2. The standard InChI is InChI=1S/C20H25N3O5S/c24-19(22-26)10-6-1-2-7-15-21-20(25)16-11-13-18(14-12-16)23(29(27)28)17-8-4-3-5-9-17/h3-5,8-9,11-14,26H,1-2,6-7,10,15H2,(H,21,25)(H,22,24)(H,27,28)/p-1. The third-order valence-electron chi connectivity index (χ3n) is 4.24. The number of carbonyl (C=O) groups excluding carboxylic acids is 2. The number of para-hydroxylation sites is 1. The van der Waals surface area contributed by atoms with Gasteiger partial charge in [-0.2, -0.15) is 0 Å². The van der Waals surface area contributed by atoms with E-state index < -0.39 is 17.2 Å². The van der Waals surface area contributed by atoms with Crippen molar-refractivity contribution in [3.8, 4) is 0 Å². The highest BCUT2D eigenvalue weighted by atomic mass is 32.2. The van der Waals surface area contributed by atoms with E-state index >= 15 is 0 Å². The molecule has 0 saturated carbocycles. The Morgan fingerprint density at radius 3 is 2.17 bits per heavy atom. The van der Waals surface area contributed by atoms with E-state index in [1.807, 2.05) is 0 Å². The minimum absolute atomic E-state index is 0.231. The highest BCUT2D eigenvalue weighted by Gasteiger charge is 2.11. The second-order valence-corrected chi connectivity index (χ2v) is 7.15. The Balaban J connectivity index is 1.82. The lowest BCUT2D eigenvalue weighted by molar-refractivity contribution is -0.129. The predicted molar refractivity (Wildman–Crippen MR) is 109 cm³/mol. The van der Waals surface area contributed by atoms with Crippen LogP contribution in [0.1, 0.15) is 42.5 Å². The van der Waals surface area contributed by atoms with E-state index in [9.17, 15) is 18.4 Å². The minimum atomic E-state index is -2.49. The number of amides is 2. The summed E-state index contributed by atoms with van der Waals surface area (Å²) in [6.07, 6.45) is 3.44. The van der Waals surface area contributed by atoms with Gasteiger partial charge in [0.25, 0.3) is 5.91 Å². The Labute approximate surface area is 172 Å². The van der Waals surface area contributed by atoms with Crippen molar-refractivity contribution in [2.45, 2.75) is 32.1 Å². The molecule has 1 atom stereocenters. The van der Waals surface area contributed by atoms with Gasteiger partial charge in [-0.15, -0.1) is 0 Å². The molecule has 29 heavy (non-hydrogen) atoms. The van der Waals surface area contributed by atoms with Gasteiger partial charge in [-0.3, -0.25) is 23.3 Å². The van der Waals surface area contributed by atoms with Crippen LogP contribution >= 0.6 is 0 Å². The normalized spacial score (nSPS) is 11.5. The summed E-state index contributed by atoms with van der Waals surface area (Å²) in [7, 11) is 0. The van der Waals surface area contributed by atoms with E-state index in [0.717, 1.165) is 23.6 Å². The lowest BCUT2D eigenvalue weighted by atomic mass is 10.1. The van der Waals surface area contributed by atoms with Crippen molar-refractivity contribution < 1.29 is 23.6 Å². The van der Waals surface area contributed by atoms with Crippen LogP contribution in [0.5, 0.6) is 0 Å². The van der Waals surface area contributed by atoms with Gasteiger partial charge in [0, 0.05) is 18.5 Å². The molecule has 0 aliphatic rings. The molecule has 0 heterocycles. The van der Waals surface area contributed by atoms with Crippen LogP contribution in [0.3, 0.4) is 0 Å². The van der Waals surface area contributed by atoms with E-state index in [-0.39, 0.29) is 12.3 Å². The van der Waals surface area contributed by atoms with Crippen molar-refractivity contribution in [2.24, 2.45) is 0 Å². The maximum atomic E-state index is 12.2. The lowest BCUT2D eigenvalue weighted by Gasteiger charge is -2.26. The van der Waals surface area contributed by atoms with Crippen molar-refractivity contribution >= 4 is 34.5 Å². The smallest absolute Gasteiger partial charge is 0.251 e. The highest BCUT2D eigenvalue weighted by molar-refractivity contribution is 7.81. The predicted octanol–water partition coefficient (Wildman–Crippen LogP) is 2.80. The number of hydrogen-bond donors (Lipinski definition) is 3. The second kappa shape index (κ2) is 11.9. The molecule has 2 aromatic carbocycles. The molecular formula is C20H24N3O5S-. The molecule has 0 aromatic heterocycles. The molecule has 0 aliphatic heterocycles. The van der Waals surface area contributed by atoms with Crippen LogP contribution in [0, 0.1) is 0 Å². The van der Waals surface area contributed by atoms with Crippen LogP contribution in [-0.2, 0) is 16.1 Å². The number of nitrogens with one attached hydrogen (secondary N) is 2. The van der Waals surface area contributed by atoms with Crippen LogP contribution in [0.2, 0.25) is 0 Å². The molecule has 8 nitrogen and oxygen atoms in total. The van der Waals surface area contributed by atoms with E-state index in [1.54, 1.807) is 60.1 Å². The Bertz CT molecular complexity index is 815. The molecule has 0 saturated heterocycles. The van der Waals surface area contributed by atoms with E-state index in [0.29, 0.717) is 29.9 Å². The van der Waals surface area contributed by atoms with Gasteiger partial charge in [0.1, 0.15) is 0 Å². The molecule has 156 valence electrons. The monoisotopic (exact) mass is 418 g/mol. The van der Waals surface area contributed by atoms with Gasteiger partial charge in [-0.1, -0.05) is 31.0 Å². The number of benzene rings is 2. The Hall–Kier alpha value is -2.75. The fraction of sp³-hybridized carbons (Fsp3) is 0.300. The molecule has 0 bridgehead atoms. The zero-order valence-electron chi connectivity index (χ0n) is 15.9. The highest BCUT2D eigenvalue weighted by Crippen LogP contribution is 2.26. The number of hydroxylamine groups is 1. The zero-order chi connectivity index (χ0) is 21.1. The van der Waals surface area contributed by atoms with Crippen molar-refractivity contribution in [3.05, 3.63) is 60.2 Å². The summed E-state index contributed by atoms with van der Waals surface area (Å²) in [5, 5.41) is 11.2. The van der Waals surface area contributed by atoms with Crippen LogP contribution in [-0.4, -0.2) is 32.3 Å². The van der Waals surface area contributed by atoms with Gasteiger partial charge in [0.2, 0.25) is 5.91 Å². The van der Waals surface area contributed by atoms with Crippen molar-refractivity contribution in [2.75, 3.05) is 10.8 Å². The molecule has 2 aromatic rings. The van der Waals surface area contributed by atoms with Gasteiger partial charge in [-0.05, 0) is 49.2 Å². The maximum absolute atomic E-state index is 12.2. The van der Waals surface area contributed by atoms with Crippen molar-refractivity contribution in [1.29, 1.82) is 0 Å². The molecule has 3 N–H and O–H groups in total. The number of carbonyl (C=O) groups is 2. The van der Waals surface area contributed by atoms with Gasteiger partial charge in [0.15, 0.2) is 0 Å². The molecular weight excluding hydrogens is 394 g/mol. The Morgan fingerprint density at radius 2 is 1.55 bits per heavy atom. The van der Waals surface area contributed by atoms with Gasteiger partial charge >= 0.3 is 0 Å². The zero-order valence-corrected chi connectivity index (χ0v) is 16.7. The number of hydrogen-bond acceptors (Lipinski definition) is 5. The summed E-state index contributed by atoms with van der Waals surface area (Å²) in [6, 6.07) is 15.0. The summed E-state index contributed by atoms with van der Waals surface area (Å²) >= 11 is -2.49. The lowest BCUT2D eigenvalue weighted by Crippen LogP contribution is -2.24. The fourth-order valence-corrected chi connectivity index (χ4v) is 3.34. The average Bonchev–Trinajstić information content (AvgIpc) is 2.73. The minimum Gasteiger partial charge on any atom is -0.755 e. The van der Waals surface area contributed by atoms with Crippen molar-refractivity contribution in [1.82, 2.24) is 10.8 Å². The first kappa shape index (κ1) is 22.5. The molecule has 2 rings (SSSR count). The summed E-state index contributed by atoms with van der Waals surface area (Å²) in [5.41, 5.74) is 2.98. The van der Waals surface area contributed by atoms with Gasteiger partial charge < -0.3 is 9.87 Å². The second-order valence-electron chi connectivity index (χ2n) is 6.35. The number of nitrogens with zero attached hydrogens (tertiary/aromatic N) is 1. The van der Waals surface area contributed by atoms with E-state index in [2.05, 4.69) is 5.32 Å². The van der Waals surface area contributed by atoms with Gasteiger partial charge in [0.05, 0.1) is 22.6 Å². The third-order valence-corrected chi connectivity index (χ3v) is 4.96. The quantitative estimate of drug-likeness (QED) is 0.224. The average molecular weight is 418 g/mol. The molecule has 2 amide bonds. The molecule has 9 heteroatoms. The van der Waals surface area contributed by atoms with Crippen molar-refractivity contribution in [3.63, 3.8) is 0 Å².